The summed E-state index contributed by atoms with van der Waals surface area (Å²) in [6, 6.07) is 12.1. The highest BCUT2D eigenvalue weighted by Gasteiger charge is 2.25. The first-order valence-corrected chi connectivity index (χ1v) is 12.8. The van der Waals surface area contributed by atoms with Crippen LogP contribution in [0, 0.1) is 0 Å². The van der Waals surface area contributed by atoms with Crippen LogP contribution in [-0.4, -0.2) is 41.2 Å². The van der Waals surface area contributed by atoms with E-state index in [9.17, 15) is 9.59 Å². The molecule has 3 rings (SSSR count). The van der Waals surface area contributed by atoms with E-state index in [1.807, 2.05) is 39.0 Å². The Labute approximate surface area is 211 Å². The Morgan fingerprint density at radius 3 is 2.44 bits per heavy atom. The van der Waals surface area contributed by atoms with Gasteiger partial charge in [0, 0.05) is 24.5 Å². The molecule has 1 aliphatic rings. The van der Waals surface area contributed by atoms with Crippen LogP contribution in [0.5, 0.6) is 0 Å². The maximum absolute atomic E-state index is 12.6. The maximum atomic E-state index is 12.6. The summed E-state index contributed by atoms with van der Waals surface area (Å²) in [6.07, 6.45) is 1.20. The van der Waals surface area contributed by atoms with Gasteiger partial charge in [-0.25, -0.2) is 4.79 Å². The van der Waals surface area contributed by atoms with E-state index < -0.39 is 5.60 Å². The summed E-state index contributed by atoms with van der Waals surface area (Å²) in [5.74, 6) is 0.472. The van der Waals surface area contributed by atoms with Gasteiger partial charge in [-0.3, -0.25) is 4.79 Å². The smallest absolute Gasteiger partial charge is 0.410 e. The van der Waals surface area contributed by atoms with Gasteiger partial charge in [-0.2, -0.15) is 0 Å². The topological polar surface area (TPSA) is 58.6 Å². The lowest BCUT2D eigenvalue weighted by Gasteiger charge is -2.26. The molecule has 7 heteroatoms. The monoisotopic (exact) mass is 500 g/mol. The van der Waals surface area contributed by atoms with E-state index >= 15 is 0 Å². The van der Waals surface area contributed by atoms with Gasteiger partial charge in [0.05, 0.1) is 16.5 Å². The second-order valence-corrected chi connectivity index (χ2v) is 11.0. The average molecular weight is 501 g/mol. The Morgan fingerprint density at radius 2 is 1.79 bits per heavy atom. The van der Waals surface area contributed by atoms with Gasteiger partial charge in [-0.15, -0.1) is 11.8 Å². The minimum Gasteiger partial charge on any atom is -0.444 e. The molecule has 0 bridgehead atoms. The third kappa shape index (κ3) is 7.28. The molecule has 0 spiro atoms. The zero-order valence-corrected chi connectivity index (χ0v) is 21.9. The minimum atomic E-state index is -0.513. The van der Waals surface area contributed by atoms with Crippen LogP contribution in [0.1, 0.15) is 44.4 Å². The number of rotatable bonds is 7. The van der Waals surface area contributed by atoms with E-state index in [1.165, 1.54) is 17.3 Å². The standard InChI is InChI=1S/C27H33ClN2O3S/c1-18(2)24(31)17-34-21-9-6-19(7-10-21)16-29-25-22-13-15-30(26(32)33-27(3,4)5)14-12-20(22)8-11-23(25)28/h6-11,29H,1,12-17H2,2-5H3. The number of benzene rings is 2. The van der Waals surface area contributed by atoms with E-state index in [-0.39, 0.29) is 11.9 Å². The van der Waals surface area contributed by atoms with E-state index in [0.717, 1.165) is 28.1 Å². The predicted molar refractivity (Wildman–Crippen MR) is 141 cm³/mol. The number of amides is 1. The van der Waals surface area contributed by atoms with E-state index in [0.29, 0.717) is 42.4 Å². The van der Waals surface area contributed by atoms with E-state index in [2.05, 4.69) is 30.1 Å². The third-order valence-electron chi connectivity index (χ3n) is 5.53. The molecule has 2 aromatic rings. The molecular formula is C27H33ClN2O3S. The Balaban J connectivity index is 1.64. The first-order valence-electron chi connectivity index (χ1n) is 11.5. The number of anilines is 1. The van der Waals surface area contributed by atoms with Gasteiger partial charge in [0.1, 0.15) is 5.60 Å². The van der Waals surface area contributed by atoms with Crippen LogP contribution in [0.4, 0.5) is 10.5 Å². The quantitative estimate of drug-likeness (QED) is 0.346. The van der Waals surface area contributed by atoms with Gasteiger partial charge in [0.25, 0.3) is 0 Å². The summed E-state index contributed by atoms with van der Waals surface area (Å²) < 4.78 is 5.56. The van der Waals surface area contributed by atoms with Crippen molar-refractivity contribution in [1.82, 2.24) is 4.90 Å². The molecule has 2 aromatic carbocycles. The Morgan fingerprint density at radius 1 is 1.12 bits per heavy atom. The van der Waals surface area contributed by atoms with Crippen LogP contribution >= 0.6 is 23.4 Å². The lowest BCUT2D eigenvalue weighted by atomic mass is 10.0. The SMILES string of the molecule is C=C(C)C(=O)CSc1ccc(CNc2c(Cl)ccc3c2CCN(C(=O)OC(C)(C)C)CC3)cc1. The van der Waals surface area contributed by atoms with Crippen LogP contribution < -0.4 is 5.32 Å². The van der Waals surface area contributed by atoms with Crippen LogP contribution in [0.3, 0.4) is 0 Å². The number of thioether (sulfide) groups is 1. The zero-order chi connectivity index (χ0) is 24.9. The zero-order valence-electron chi connectivity index (χ0n) is 20.4. The van der Waals surface area contributed by atoms with Gasteiger partial charge in [0.2, 0.25) is 0 Å². The van der Waals surface area contributed by atoms with Gasteiger partial charge >= 0.3 is 6.09 Å². The molecule has 1 N–H and O–H groups in total. The molecule has 0 fully saturated rings. The Hall–Kier alpha value is -2.44. The molecule has 0 saturated carbocycles. The molecule has 0 unspecified atom stereocenters. The van der Waals surface area contributed by atoms with Gasteiger partial charge in [-0.1, -0.05) is 36.4 Å². The molecule has 5 nitrogen and oxygen atoms in total. The average Bonchev–Trinajstić information content (AvgIpc) is 2.99. The second-order valence-electron chi connectivity index (χ2n) is 9.52. The van der Waals surface area contributed by atoms with Crippen molar-refractivity contribution < 1.29 is 14.3 Å². The maximum Gasteiger partial charge on any atom is 0.410 e. The normalized spacial score (nSPS) is 13.6. The molecule has 1 aliphatic heterocycles. The summed E-state index contributed by atoms with van der Waals surface area (Å²) in [5, 5.41) is 4.19. The van der Waals surface area contributed by atoms with E-state index in [4.69, 9.17) is 16.3 Å². The van der Waals surface area contributed by atoms with Crippen LogP contribution in [0.2, 0.25) is 5.02 Å². The highest BCUT2D eigenvalue weighted by molar-refractivity contribution is 8.00. The van der Waals surface area contributed by atoms with Crippen molar-refractivity contribution in [2.45, 2.75) is 57.6 Å². The lowest BCUT2D eigenvalue weighted by Crippen LogP contribution is -2.38. The highest BCUT2D eigenvalue weighted by Crippen LogP contribution is 2.32. The summed E-state index contributed by atoms with van der Waals surface area (Å²) in [5.41, 5.74) is 4.47. The van der Waals surface area contributed by atoms with Crippen LogP contribution in [-0.2, 0) is 28.9 Å². The second kappa shape index (κ2) is 11.3. The number of nitrogens with zero attached hydrogens (tertiary/aromatic N) is 1. The number of nitrogens with one attached hydrogen (secondary N) is 1. The van der Waals surface area contributed by atoms with Gasteiger partial charge < -0.3 is 15.0 Å². The molecule has 34 heavy (non-hydrogen) atoms. The van der Waals surface area contributed by atoms with Gasteiger partial charge in [-0.05, 0) is 81.0 Å². The summed E-state index contributed by atoms with van der Waals surface area (Å²) in [4.78, 5) is 27.1. The molecule has 182 valence electrons. The summed E-state index contributed by atoms with van der Waals surface area (Å²) in [7, 11) is 0. The fraction of sp³-hybridized carbons (Fsp3) is 0.407. The number of halogens is 1. The number of ether oxygens (including phenoxy) is 1. The lowest BCUT2D eigenvalue weighted by molar-refractivity contribution is -0.113. The number of Topliss-reactive ketones (excluding diaryl/α,β-unsaturated/α-hetero) is 1. The number of allylic oxidation sites excluding steroid dienone is 1. The van der Waals surface area contributed by atoms with Crippen molar-refractivity contribution in [2.75, 3.05) is 24.2 Å². The van der Waals surface area contributed by atoms with Crippen molar-refractivity contribution in [3.8, 4) is 0 Å². The molecule has 0 aliphatic carbocycles. The Bertz CT molecular complexity index is 1060. The van der Waals surface area contributed by atoms with Crippen molar-refractivity contribution in [1.29, 1.82) is 0 Å². The number of fused-ring (bicyclic) bond motifs is 1. The largest absolute Gasteiger partial charge is 0.444 e. The minimum absolute atomic E-state index is 0.0698. The molecule has 1 heterocycles. The molecule has 0 aromatic heterocycles. The van der Waals surface area contributed by atoms with Crippen molar-refractivity contribution in [2.24, 2.45) is 0 Å². The summed E-state index contributed by atoms with van der Waals surface area (Å²) in [6.45, 7) is 12.9. The van der Waals surface area contributed by atoms with E-state index in [1.54, 1.807) is 11.8 Å². The van der Waals surface area contributed by atoms with Crippen LogP contribution in [0.25, 0.3) is 0 Å². The third-order valence-corrected chi connectivity index (χ3v) is 6.86. The van der Waals surface area contributed by atoms with Crippen LogP contribution in [0.15, 0.2) is 53.4 Å². The molecule has 0 radical (unpaired) electrons. The number of ketones is 1. The highest BCUT2D eigenvalue weighted by atomic mass is 35.5. The first-order chi connectivity index (χ1) is 16.0. The molecule has 0 saturated heterocycles. The van der Waals surface area contributed by atoms with Crippen molar-refractivity contribution in [3.05, 3.63) is 70.3 Å². The molecular weight excluding hydrogens is 468 g/mol. The fourth-order valence-electron chi connectivity index (χ4n) is 3.66. The van der Waals surface area contributed by atoms with Crippen molar-refractivity contribution in [3.63, 3.8) is 0 Å². The number of hydrogen-bond acceptors (Lipinski definition) is 5. The number of hydrogen-bond donors (Lipinski definition) is 1. The predicted octanol–water partition coefficient (Wildman–Crippen LogP) is 6.53. The molecule has 0 atom stereocenters. The van der Waals surface area contributed by atoms with Gasteiger partial charge in [0.15, 0.2) is 5.78 Å². The number of carbonyl (C=O) groups is 2. The Kier molecular flexibility index (Phi) is 8.72. The first kappa shape index (κ1) is 26.2. The molecule has 1 amide bonds. The number of carbonyl (C=O) groups excluding carboxylic acids is 2. The van der Waals surface area contributed by atoms with Crippen molar-refractivity contribution >= 4 is 40.9 Å². The summed E-state index contributed by atoms with van der Waals surface area (Å²) >= 11 is 8.09. The fourth-order valence-corrected chi connectivity index (χ4v) is 4.78.